The van der Waals surface area contributed by atoms with Crippen LogP contribution in [0.1, 0.15) is 6.92 Å². The summed E-state index contributed by atoms with van der Waals surface area (Å²) in [5.74, 6) is -2.03. The van der Waals surface area contributed by atoms with Crippen LogP contribution in [0.3, 0.4) is 0 Å². The van der Waals surface area contributed by atoms with Gasteiger partial charge in [0, 0.05) is 36.0 Å². The zero-order chi connectivity index (χ0) is 23.8. The molecule has 0 aliphatic heterocycles. The molecule has 9 heteroatoms. The molecule has 2 aromatic carbocycles. The number of imidazole rings is 1. The fraction of sp³-hybridized carbons (Fsp3) is 0.0400. The third kappa shape index (κ3) is 3.88. The van der Waals surface area contributed by atoms with E-state index in [1.165, 1.54) is 56.0 Å². The Morgan fingerprint density at radius 2 is 1.71 bits per heavy atom. The molecule has 0 radical (unpaired) electrons. The number of aromatic nitrogens is 4. The quantitative estimate of drug-likeness (QED) is 0.384. The van der Waals surface area contributed by atoms with E-state index in [1.54, 1.807) is 22.8 Å². The number of nitrogens with zero attached hydrogens (tertiary/aromatic N) is 4. The van der Waals surface area contributed by atoms with Crippen molar-refractivity contribution in [1.82, 2.24) is 19.5 Å². The van der Waals surface area contributed by atoms with E-state index in [1.807, 2.05) is 0 Å². The van der Waals surface area contributed by atoms with Crippen molar-refractivity contribution in [3.63, 3.8) is 0 Å². The van der Waals surface area contributed by atoms with Crippen LogP contribution in [-0.2, 0) is 4.79 Å². The van der Waals surface area contributed by atoms with Gasteiger partial charge in [-0.3, -0.25) is 14.3 Å². The fourth-order valence-corrected chi connectivity index (χ4v) is 3.72. The van der Waals surface area contributed by atoms with Crippen LogP contribution in [0.5, 0.6) is 0 Å². The highest BCUT2D eigenvalue weighted by Crippen LogP contribution is 2.33. The van der Waals surface area contributed by atoms with Crippen LogP contribution >= 0.6 is 0 Å². The summed E-state index contributed by atoms with van der Waals surface area (Å²) >= 11 is 0. The molecule has 3 aromatic heterocycles. The van der Waals surface area contributed by atoms with Crippen LogP contribution in [0.2, 0.25) is 0 Å². The van der Waals surface area contributed by atoms with Gasteiger partial charge in [-0.1, -0.05) is 12.1 Å². The Balaban J connectivity index is 1.66. The molecule has 1 N–H and O–H groups in total. The Kier molecular flexibility index (Phi) is 5.29. The Morgan fingerprint density at radius 3 is 2.44 bits per heavy atom. The van der Waals surface area contributed by atoms with E-state index in [9.17, 15) is 13.6 Å². The second kappa shape index (κ2) is 8.43. The largest absolute Gasteiger partial charge is 0.324 e. The molecule has 0 aliphatic carbocycles. The maximum absolute atomic E-state index is 15.2. The normalized spacial score (nSPS) is 11.1. The Morgan fingerprint density at radius 1 is 0.912 bits per heavy atom. The number of hydrogen-bond acceptors (Lipinski definition) is 4. The van der Waals surface area contributed by atoms with Gasteiger partial charge in [0.05, 0.1) is 17.6 Å². The average Bonchev–Trinajstić information content (AvgIpc) is 3.24. The zero-order valence-electron chi connectivity index (χ0n) is 17.8. The molecule has 0 atom stereocenters. The third-order valence-corrected chi connectivity index (χ3v) is 5.27. The van der Waals surface area contributed by atoms with Gasteiger partial charge in [0.1, 0.15) is 23.5 Å². The number of hydrogen-bond donors (Lipinski definition) is 1. The Labute approximate surface area is 191 Å². The predicted molar refractivity (Wildman–Crippen MR) is 122 cm³/mol. The number of rotatable bonds is 4. The van der Waals surface area contributed by atoms with Crippen LogP contribution in [0.25, 0.3) is 39.1 Å². The number of carbonyl (C=O) groups is 1. The standard InChI is InChI=1S/C25H16F3N5O/c1-14(34)32-22-10-18(9-20(24(22)28)15-2-4-17(26)5-3-15)33-13-31-23-8-16(11-30-25(23)33)19-6-7-29-12-21(19)27/h2-13H,1H3,(H,32,34). The van der Waals surface area contributed by atoms with Gasteiger partial charge < -0.3 is 5.32 Å². The van der Waals surface area contributed by atoms with E-state index in [0.717, 1.165) is 6.20 Å². The summed E-state index contributed by atoms with van der Waals surface area (Å²) < 4.78 is 44.4. The lowest BCUT2D eigenvalue weighted by Crippen LogP contribution is -2.09. The fourth-order valence-electron chi connectivity index (χ4n) is 3.72. The lowest BCUT2D eigenvalue weighted by molar-refractivity contribution is -0.114. The molecular formula is C25H16F3N5O. The molecule has 5 rings (SSSR count). The van der Waals surface area contributed by atoms with Crippen molar-refractivity contribution in [2.45, 2.75) is 6.92 Å². The van der Waals surface area contributed by atoms with E-state index in [2.05, 4.69) is 20.3 Å². The van der Waals surface area contributed by atoms with Crippen LogP contribution in [-0.4, -0.2) is 25.4 Å². The number of benzene rings is 2. The number of nitrogens with one attached hydrogen (secondary N) is 1. The molecule has 34 heavy (non-hydrogen) atoms. The zero-order valence-corrected chi connectivity index (χ0v) is 17.8. The van der Waals surface area contributed by atoms with Gasteiger partial charge in [0.15, 0.2) is 11.5 Å². The first-order valence-corrected chi connectivity index (χ1v) is 10.2. The van der Waals surface area contributed by atoms with Gasteiger partial charge in [-0.2, -0.15) is 0 Å². The van der Waals surface area contributed by atoms with Crippen molar-refractivity contribution in [3.8, 4) is 27.9 Å². The van der Waals surface area contributed by atoms with Crippen molar-refractivity contribution in [1.29, 1.82) is 0 Å². The average molecular weight is 459 g/mol. The van der Waals surface area contributed by atoms with E-state index >= 15 is 4.39 Å². The highest BCUT2D eigenvalue weighted by molar-refractivity contribution is 5.91. The summed E-state index contributed by atoms with van der Waals surface area (Å²) in [5.41, 5.74) is 2.84. The molecule has 3 heterocycles. The van der Waals surface area contributed by atoms with Gasteiger partial charge in [0.25, 0.3) is 0 Å². The summed E-state index contributed by atoms with van der Waals surface area (Å²) in [6.07, 6.45) is 5.62. The van der Waals surface area contributed by atoms with Gasteiger partial charge in [0.2, 0.25) is 5.91 Å². The maximum Gasteiger partial charge on any atom is 0.221 e. The number of halogens is 3. The van der Waals surface area contributed by atoms with Gasteiger partial charge in [-0.25, -0.2) is 23.1 Å². The highest BCUT2D eigenvalue weighted by atomic mass is 19.1. The van der Waals surface area contributed by atoms with Gasteiger partial charge in [-0.05, 0) is 42.0 Å². The molecule has 168 valence electrons. The molecule has 5 aromatic rings. The lowest BCUT2D eigenvalue weighted by atomic mass is 10.0. The van der Waals surface area contributed by atoms with E-state index in [0.29, 0.717) is 33.5 Å². The molecule has 0 saturated heterocycles. The van der Waals surface area contributed by atoms with Crippen molar-refractivity contribution in [2.24, 2.45) is 0 Å². The monoisotopic (exact) mass is 459 g/mol. The molecule has 0 bridgehead atoms. The summed E-state index contributed by atoms with van der Waals surface area (Å²) in [6.45, 7) is 1.28. The smallest absolute Gasteiger partial charge is 0.221 e. The summed E-state index contributed by atoms with van der Waals surface area (Å²) in [5, 5.41) is 2.49. The number of amides is 1. The SMILES string of the molecule is CC(=O)Nc1cc(-n2cnc3cc(-c4ccncc4F)cnc32)cc(-c2ccc(F)cc2)c1F. The van der Waals surface area contributed by atoms with Crippen LogP contribution in [0, 0.1) is 17.5 Å². The highest BCUT2D eigenvalue weighted by Gasteiger charge is 2.17. The lowest BCUT2D eigenvalue weighted by Gasteiger charge is -2.14. The van der Waals surface area contributed by atoms with Gasteiger partial charge in [-0.15, -0.1) is 0 Å². The third-order valence-electron chi connectivity index (χ3n) is 5.27. The first kappa shape index (κ1) is 21.3. The second-order valence-corrected chi connectivity index (χ2v) is 7.58. The maximum atomic E-state index is 15.2. The molecular weight excluding hydrogens is 443 g/mol. The Bertz CT molecular complexity index is 1550. The van der Waals surface area contributed by atoms with E-state index in [-0.39, 0.29) is 11.3 Å². The molecule has 0 saturated carbocycles. The summed E-state index contributed by atoms with van der Waals surface area (Å²) in [4.78, 5) is 24.2. The predicted octanol–water partition coefficient (Wildman–Crippen LogP) is 5.53. The molecule has 1 amide bonds. The topological polar surface area (TPSA) is 72.7 Å². The summed E-state index contributed by atoms with van der Waals surface area (Å²) in [6, 6.07) is 11.6. The number of fused-ring (bicyclic) bond motifs is 1. The van der Waals surface area contributed by atoms with Crippen molar-refractivity contribution in [3.05, 3.63) is 90.9 Å². The van der Waals surface area contributed by atoms with Crippen molar-refractivity contribution >= 4 is 22.8 Å². The molecule has 0 unspecified atom stereocenters. The first-order valence-electron chi connectivity index (χ1n) is 10.2. The Hall–Kier alpha value is -4.53. The minimum Gasteiger partial charge on any atom is -0.324 e. The van der Waals surface area contributed by atoms with Crippen molar-refractivity contribution in [2.75, 3.05) is 5.32 Å². The molecule has 0 fully saturated rings. The minimum absolute atomic E-state index is 0.0401. The number of carbonyl (C=O) groups excluding carboxylic acids is 1. The van der Waals surface area contributed by atoms with E-state index < -0.39 is 23.4 Å². The molecule has 0 aliphatic rings. The van der Waals surface area contributed by atoms with E-state index in [4.69, 9.17) is 0 Å². The van der Waals surface area contributed by atoms with Crippen LogP contribution in [0.15, 0.2) is 73.4 Å². The van der Waals surface area contributed by atoms with Crippen LogP contribution < -0.4 is 5.32 Å². The van der Waals surface area contributed by atoms with Crippen molar-refractivity contribution < 1.29 is 18.0 Å². The minimum atomic E-state index is -0.654. The molecule has 6 nitrogen and oxygen atoms in total. The van der Waals surface area contributed by atoms with Crippen LogP contribution in [0.4, 0.5) is 18.9 Å². The van der Waals surface area contributed by atoms with Gasteiger partial charge >= 0.3 is 0 Å². The number of anilines is 1. The summed E-state index contributed by atoms with van der Waals surface area (Å²) in [7, 11) is 0. The second-order valence-electron chi connectivity index (χ2n) is 7.58. The first-order chi connectivity index (χ1) is 16.4. The molecule has 0 spiro atoms. The number of pyridine rings is 2.